The van der Waals surface area contributed by atoms with Gasteiger partial charge >= 0.3 is 6.09 Å². The first-order valence-electron chi connectivity index (χ1n) is 11.5. The number of thiazole rings is 1. The van der Waals surface area contributed by atoms with Crippen molar-refractivity contribution >= 4 is 27.5 Å². The molecular formula is C25H31N3O6S2. The Kier molecular flexibility index (Phi) is 9.82. The number of carbonyl (C=O) groups is 1. The summed E-state index contributed by atoms with van der Waals surface area (Å²) in [5.41, 5.74) is 2.50. The molecule has 2 atom stereocenters. The molecule has 0 aliphatic carbocycles. The van der Waals surface area contributed by atoms with Gasteiger partial charge in [-0.1, -0.05) is 44.2 Å². The van der Waals surface area contributed by atoms with E-state index in [-0.39, 0.29) is 42.7 Å². The van der Waals surface area contributed by atoms with Crippen LogP contribution >= 0.6 is 11.3 Å². The second-order valence-corrected chi connectivity index (χ2v) is 11.7. The maximum absolute atomic E-state index is 13.4. The number of aliphatic hydroxyl groups is 1. The molecule has 1 aromatic heterocycles. The van der Waals surface area contributed by atoms with Gasteiger partial charge in [-0.05, 0) is 42.2 Å². The van der Waals surface area contributed by atoms with Gasteiger partial charge in [-0.15, -0.1) is 11.3 Å². The van der Waals surface area contributed by atoms with Crippen LogP contribution in [0.5, 0.6) is 5.75 Å². The summed E-state index contributed by atoms with van der Waals surface area (Å²) in [6.45, 7) is 3.71. The number of nitrogens with zero attached hydrogens (tertiary/aromatic N) is 2. The lowest BCUT2D eigenvalue weighted by molar-refractivity contribution is 0.0876. The van der Waals surface area contributed by atoms with Crippen LogP contribution in [0.3, 0.4) is 0 Å². The normalized spacial score (nSPS) is 13.5. The van der Waals surface area contributed by atoms with Gasteiger partial charge in [0.2, 0.25) is 10.0 Å². The van der Waals surface area contributed by atoms with Crippen molar-refractivity contribution in [1.29, 1.82) is 0 Å². The summed E-state index contributed by atoms with van der Waals surface area (Å²) >= 11 is 1.35. The third kappa shape index (κ3) is 8.02. The molecule has 9 nitrogen and oxygen atoms in total. The summed E-state index contributed by atoms with van der Waals surface area (Å²) in [4.78, 5) is 17.3. The number of ether oxygens (including phenoxy) is 1. The Labute approximate surface area is 215 Å². The summed E-state index contributed by atoms with van der Waals surface area (Å²) in [7, 11) is -3.97. The van der Waals surface area contributed by atoms with Crippen LogP contribution in [0.15, 0.2) is 71.2 Å². The van der Waals surface area contributed by atoms with E-state index in [1.54, 1.807) is 11.7 Å². The van der Waals surface area contributed by atoms with Crippen molar-refractivity contribution in [3.8, 4) is 5.75 Å². The molecule has 3 N–H and O–H groups in total. The topological polar surface area (TPSA) is 129 Å². The standard InChI is InChI=1S/C25H31N3O6S2/c1-18(2)14-28(36(32,33)22-10-8-20(29)9-11-22)15-24(30)23(12-19-6-4-3-5-7-19)27-25(31)34-16-21-13-26-17-35-21/h3-11,13,17-18,23-24,29-30H,12,14-16H2,1-2H3,(H,27,31). The number of aliphatic hydroxyl groups excluding tert-OH is 1. The second-order valence-electron chi connectivity index (χ2n) is 8.76. The van der Waals surface area contributed by atoms with Gasteiger partial charge in [-0.3, -0.25) is 4.98 Å². The van der Waals surface area contributed by atoms with Crippen LogP contribution in [-0.4, -0.2) is 59.2 Å². The minimum Gasteiger partial charge on any atom is -0.508 e. The fourth-order valence-corrected chi connectivity index (χ4v) is 5.70. The largest absolute Gasteiger partial charge is 0.508 e. The zero-order valence-electron chi connectivity index (χ0n) is 20.1. The van der Waals surface area contributed by atoms with Gasteiger partial charge in [0.05, 0.1) is 27.4 Å². The molecule has 11 heteroatoms. The zero-order valence-corrected chi connectivity index (χ0v) is 21.8. The lowest BCUT2D eigenvalue weighted by Crippen LogP contribution is -2.51. The number of hydrogen-bond donors (Lipinski definition) is 3. The second kappa shape index (κ2) is 12.8. The van der Waals surface area contributed by atoms with Crippen LogP contribution in [0.25, 0.3) is 0 Å². The molecule has 36 heavy (non-hydrogen) atoms. The highest BCUT2D eigenvalue weighted by Crippen LogP contribution is 2.21. The number of aromatic hydroxyl groups is 1. The highest BCUT2D eigenvalue weighted by atomic mass is 32.2. The van der Waals surface area contributed by atoms with Crippen molar-refractivity contribution in [2.24, 2.45) is 5.92 Å². The van der Waals surface area contributed by atoms with E-state index in [0.29, 0.717) is 0 Å². The molecule has 3 rings (SSSR count). The average Bonchev–Trinajstić information content (AvgIpc) is 3.36. The van der Waals surface area contributed by atoms with Crippen LogP contribution in [0, 0.1) is 5.92 Å². The van der Waals surface area contributed by atoms with Gasteiger partial charge in [0.25, 0.3) is 0 Å². The molecule has 0 fully saturated rings. The number of alkyl carbamates (subject to hydrolysis) is 1. The quantitative estimate of drug-likeness (QED) is 0.325. The van der Waals surface area contributed by atoms with Crippen LogP contribution in [0.1, 0.15) is 24.3 Å². The first kappa shape index (κ1) is 27.6. The van der Waals surface area contributed by atoms with Gasteiger partial charge in [0.1, 0.15) is 12.4 Å². The van der Waals surface area contributed by atoms with Gasteiger partial charge in [0, 0.05) is 19.3 Å². The van der Waals surface area contributed by atoms with E-state index >= 15 is 0 Å². The van der Waals surface area contributed by atoms with Gasteiger partial charge in [0.15, 0.2) is 0 Å². The molecule has 0 aliphatic rings. The van der Waals surface area contributed by atoms with Crippen LogP contribution < -0.4 is 5.32 Å². The maximum Gasteiger partial charge on any atom is 0.407 e. The molecule has 194 valence electrons. The van der Waals surface area contributed by atoms with Crippen molar-refractivity contribution in [2.75, 3.05) is 13.1 Å². The van der Waals surface area contributed by atoms with Crippen molar-refractivity contribution in [2.45, 2.75) is 43.9 Å². The molecule has 0 aliphatic heterocycles. The first-order chi connectivity index (χ1) is 17.1. The van der Waals surface area contributed by atoms with E-state index in [9.17, 15) is 23.4 Å². The SMILES string of the molecule is CC(C)CN(CC(O)C(Cc1ccccc1)NC(=O)OCc1cncs1)S(=O)(=O)c1ccc(O)cc1. The maximum atomic E-state index is 13.4. The van der Waals surface area contributed by atoms with Crippen molar-refractivity contribution in [1.82, 2.24) is 14.6 Å². The number of hydrogen-bond acceptors (Lipinski definition) is 8. The van der Waals surface area contributed by atoms with E-state index in [0.717, 1.165) is 10.4 Å². The number of amides is 1. The molecule has 3 aromatic rings. The van der Waals surface area contributed by atoms with Gasteiger partial charge < -0.3 is 20.3 Å². The van der Waals surface area contributed by atoms with Crippen molar-refractivity contribution < 1.29 is 28.2 Å². The first-order valence-corrected chi connectivity index (χ1v) is 13.8. The predicted molar refractivity (Wildman–Crippen MR) is 137 cm³/mol. The van der Waals surface area contributed by atoms with Gasteiger partial charge in [-0.2, -0.15) is 4.31 Å². The van der Waals surface area contributed by atoms with Crippen LogP contribution in [0.2, 0.25) is 0 Å². The molecule has 2 unspecified atom stereocenters. The summed E-state index contributed by atoms with van der Waals surface area (Å²) < 4.78 is 33.2. The minimum absolute atomic E-state index is 0.00434. The Morgan fingerprint density at radius 1 is 1.11 bits per heavy atom. The Balaban J connectivity index is 1.79. The summed E-state index contributed by atoms with van der Waals surface area (Å²) in [6.07, 6.45) is -0.0782. The highest BCUT2D eigenvalue weighted by molar-refractivity contribution is 7.89. The number of nitrogens with one attached hydrogen (secondary N) is 1. The van der Waals surface area contributed by atoms with E-state index in [1.165, 1.54) is 39.9 Å². The molecule has 0 radical (unpaired) electrons. The number of phenolic OH excluding ortho intramolecular Hbond substituents is 1. The van der Waals surface area contributed by atoms with E-state index in [1.807, 2.05) is 44.2 Å². The molecule has 0 saturated heterocycles. The Hall–Kier alpha value is -2.99. The van der Waals surface area contributed by atoms with Crippen LogP contribution in [0.4, 0.5) is 4.79 Å². The van der Waals surface area contributed by atoms with Crippen LogP contribution in [-0.2, 0) is 27.8 Å². The van der Waals surface area contributed by atoms with Crippen molar-refractivity contribution in [3.05, 3.63) is 76.7 Å². The monoisotopic (exact) mass is 533 g/mol. The molecule has 2 aromatic carbocycles. The number of carbonyl (C=O) groups excluding carboxylic acids is 1. The van der Waals surface area contributed by atoms with Crippen molar-refractivity contribution in [3.63, 3.8) is 0 Å². The Morgan fingerprint density at radius 2 is 1.81 bits per heavy atom. The summed E-state index contributed by atoms with van der Waals surface area (Å²) in [5.74, 6) is -0.0673. The fourth-order valence-electron chi connectivity index (χ4n) is 3.58. The molecule has 1 amide bonds. The number of aromatic nitrogens is 1. The number of sulfonamides is 1. The number of benzene rings is 2. The van der Waals surface area contributed by atoms with E-state index < -0.39 is 28.3 Å². The molecule has 1 heterocycles. The van der Waals surface area contributed by atoms with E-state index in [2.05, 4.69) is 10.3 Å². The Bertz CT molecular complexity index is 1190. The number of rotatable bonds is 12. The zero-order chi connectivity index (χ0) is 26.1. The summed E-state index contributed by atoms with van der Waals surface area (Å²) in [6, 6.07) is 13.7. The summed E-state index contributed by atoms with van der Waals surface area (Å²) in [5, 5.41) is 23.4. The predicted octanol–water partition coefficient (Wildman–Crippen LogP) is 3.39. The molecule has 0 spiro atoms. The fraction of sp³-hybridized carbons (Fsp3) is 0.360. The lowest BCUT2D eigenvalue weighted by atomic mass is 10.0. The average molecular weight is 534 g/mol. The smallest absolute Gasteiger partial charge is 0.407 e. The highest BCUT2D eigenvalue weighted by Gasteiger charge is 2.31. The molecule has 0 saturated carbocycles. The third-order valence-corrected chi connectivity index (χ3v) is 7.93. The van der Waals surface area contributed by atoms with E-state index in [4.69, 9.17) is 4.74 Å². The lowest BCUT2D eigenvalue weighted by Gasteiger charge is -2.30. The Morgan fingerprint density at radius 3 is 2.42 bits per heavy atom. The third-order valence-electron chi connectivity index (χ3n) is 5.33. The molecular weight excluding hydrogens is 502 g/mol. The van der Waals surface area contributed by atoms with Gasteiger partial charge in [-0.25, -0.2) is 13.2 Å². The number of phenols is 1. The molecule has 0 bridgehead atoms. The minimum atomic E-state index is -3.97.